The second kappa shape index (κ2) is 4.88. The van der Waals surface area contributed by atoms with E-state index in [0.29, 0.717) is 23.8 Å². The quantitative estimate of drug-likeness (QED) is 0.873. The smallest absolute Gasteiger partial charge is 0.161 e. The van der Waals surface area contributed by atoms with E-state index >= 15 is 0 Å². The van der Waals surface area contributed by atoms with Crippen molar-refractivity contribution in [3.8, 4) is 22.8 Å². The van der Waals surface area contributed by atoms with Crippen LogP contribution in [0.5, 0.6) is 11.5 Å². The molecule has 0 radical (unpaired) electrons. The third-order valence-corrected chi connectivity index (χ3v) is 2.44. The van der Waals surface area contributed by atoms with E-state index in [1.54, 1.807) is 20.3 Å². The van der Waals surface area contributed by atoms with Crippen molar-refractivity contribution in [1.82, 2.24) is 5.16 Å². The van der Waals surface area contributed by atoms with Crippen molar-refractivity contribution in [3.63, 3.8) is 0 Å². The van der Waals surface area contributed by atoms with E-state index in [4.69, 9.17) is 19.7 Å². The fourth-order valence-electron chi connectivity index (χ4n) is 1.54. The van der Waals surface area contributed by atoms with Gasteiger partial charge in [-0.05, 0) is 18.2 Å². The molecule has 0 aliphatic heterocycles. The molecule has 0 spiro atoms. The van der Waals surface area contributed by atoms with E-state index in [9.17, 15) is 0 Å². The van der Waals surface area contributed by atoms with Gasteiger partial charge in [0.05, 0.1) is 20.8 Å². The number of hydrogen-bond acceptors (Lipinski definition) is 5. The zero-order valence-corrected chi connectivity index (χ0v) is 9.77. The fourth-order valence-corrected chi connectivity index (χ4v) is 1.54. The van der Waals surface area contributed by atoms with Crippen molar-refractivity contribution in [2.24, 2.45) is 5.73 Å². The number of hydrogen-bond donors (Lipinski definition) is 1. The number of aromatic nitrogens is 1. The van der Waals surface area contributed by atoms with Gasteiger partial charge in [0.1, 0.15) is 5.69 Å². The Morgan fingerprint density at radius 2 is 1.94 bits per heavy atom. The number of ether oxygens (including phenoxy) is 2. The summed E-state index contributed by atoms with van der Waals surface area (Å²) in [6, 6.07) is 7.36. The van der Waals surface area contributed by atoms with Gasteiger partial charge in [-0.25, -0.2) is 0 Å². The zero-order chi connectivity index (χ0) is 12.3. The number of methoxy groups -OCH3 is 2. The molecule has 0 unspecified atom stereocenters. The summed E-state index contributed by atoms with van der Waals surface area (Å²) in [7, 11) is 3.19. The summed E-state index contributed by atoms with van der Waals surface area (Å²) in [6.45, 7) is 0.334. The Balaban J connectivity index is 2.38. The highest BCUT2D eigenvalue weighted by Gasteiger charge is 2.09. The van der Waals surface area contributed by atoms with E-state index in [-0.39, 0.29) is 0 Å². The van der Waals surface area contributed by atoms with Crippen LogP contribution < -0.4 is 15.2 Å². The maximum absolute atomic E-state index is 5.46. The minimum absolute atomic E-state index is 0.334. The predicted molar refractivity (Wildman–Crippen MR) is 62.9 cm³/mol. The second-order valence-corrected chi connectivity index (χ2v) is 3.45. The van der Waals surface area contributed by atoms with Crippen molar-refractivity contribution in [3.05, 3.63) is 30.0 Å². The van der Waals surface area contributed by atoms with Gasteiger partial charge >= 0.3 is 0 Å². The second-order valence-electron chi connectivity index (χ2n) is 3.45. The van der Waals surface area contributed by atoms with Crippen molar-refractivity contribution >= 4 is 0 Å². The fraction of sp³-hybridized carbons (Fsp3) is 0.250. The summed E-state index contributed by atoms with van der Waals surface area (Å²) in [5.41, 5.74) is 7.09. The van der Waals surface area contributed by atoms with Gasteiger partial charge in [-0.1, -0.05) is 5.16 Å². The lowest BCUT2D eigenvalue weighted by molar-refractivity contribution is 0.355. The normalized spacial score (nSPS) is 10.3. The Hall–Kier alpha value is -2.01. The molecule has 2 aromatic rings. The molecule has 1 aromatic carbocycles. The van der Waals surface area contributed by atoms with Crippen LogP contribution in [-0.4, -0.2) is 19.4 Å². The Bertz CT molecular complexity index is 508. The highest BCUT2D eigenvalue weighted by Crippen LogP contribution is 2.31. The van der Waals surface area contributed by atoms with Gasteiger partial charge in [-0.15, -0.1) is 0 Å². The van der Waals surface area contributed by atoms with E-state index in [1.165, 1.54) is 0 Å². The maximum Gasteiger partial charge on any atom is 0.161 e. The molecule has 2 rings (SSSR count). The monoisotopic (exact) mass is 234 g/mol. The highest BCUT2D eigenvalue weighted by atomic mass is 16.5. The van der Waals surface area contributed by atoms with Gasteiger partial charge < -0.3 is 19.7 Å². The predicted octanol–water partition coefficient (Wildman–Crippen LogP) is 1.82. The van der Waals surface area contributed by atoms with Crippen molar-refractivity contribution < 1.29 is 14.0 Å². The first-order chi connectivity index (χ1) is 8.28. The van der Waals surface area contributed by atoms with Crippen LogP contribution in [0.15, 0.2) is 28.8 Å². The van der Waals surface area contributed by atoms with E-state index in [1.807, 2.05) is 18.2 Å². The molecule has 0 aliphatic rings. The minimum atomic E-state index is 0.334. The average Bonchev–Trinajstić information content (AvgIpc) is 2.86. The molecule has 0 fully saturated rings. The first kappa shape index (κ1) is 11.5. The SMILES string of the molecule is COc1ccc(-c2cc(CN)on2)cc1OC. The highest BCUT2D eigenvalue weighted by molar-refractivity contribution is 5.63. The molecule has 17 heavy (non-hydrogen) atoms. The molecule has 0 saturated carbocycles. The number of benzene rings is 1. The van der Waals surface area contributed by atoms with Crippen LogP contribution in [0.2, 0.25) is 0 Å². The molecule has 90 valence electrons. The molecular weight excluding hydrogens is 220 g/mol. The molecule has 0 aliphatic carbocycles. The van der Waals surface area contributed by atoms with Crippen LogP contribution in [0.3, 0.4) is 0 Å². The molecule has 1 heterocycles. The lowest BCUT2D eigenvalue weighted by Crippen LogP contribution is -1.92. The van der Waals surface area contributed by atoms with Gasteiger partial charge in [-0.2, -0.15) is 0 Å². The number of nitrogens with two attached hydrogens (primary N) is 1. The van der Waals surface area contributed by atoms with E-state index in [2.05, 4.69) is 5.16 Å². The van der Waals surface area contributed by atoms with E-state index in [0.717, 1.165) is 11.3 Å². The molecule has 0 bridgehead atoms. The van der Waals surface area contributed by atoms with Crippen LogP contribution in [0.25, 0.3) is 11.3 Å². The van der Waals surface area contributed by atoms with Gasteiger partial charge in [0.15, 0.2) is 17.3 Å². The summed E-state index contributed by atoms with van der Waals surface area (Å²) in [4.78, 5) is 0. The van der Waals surface area contributed by atoms with Crippen molar-refractivity contribution in [1.29, 1.82) is 0 Å². The molecule has 0 amide bonds. The molecule has 2 N–H and O–H groups in total. The Kier molecular flexibility index (Phi) is 3.30. The Morgan fingerprint density at radius 1 is 1.18 bits per heavy atom. The summed E-state index contributed by atoms with van der Waals surface area (Å²) in [6.07, 6.45) is 0. The Morgan fingerprint density at radius 3 is 2.53 bits per heavy atom. The first-order valence-corrected chi connectivity index (χ1v) is 5.16. The minimum Gasteiger partial charge on any atom is -0.493 e. The summed E-state index contributed by atoms with van der Waals surface area (Å²) in [5.74, 6) is 1.98. The molecule has 5 heteroatoms. The molecular formula is C12H14N2O3. The third kappa shape index (κ3) is 2.24. The Labute approximate surface area is 99.1 Å². The van der Waals surface area contributed by atoms with Crippen LogP contribution in [0.4, 0.5) is 0 Å². The third-order valence-electron chi connectivity index (χ3n) is 2.44. The van der Waals surface area contributed by atoms with Gasteiger partial charge in [-0.3, -0.25) is 0 Å². The van der Waals surface area contributed by atoms with Gasteiger partial charge in [0.25, 0.3) is 0 Å². The van der Waals surface area contributed by atoms with Crippen LogP contribution in [0.1, 0.15) is 5.76 Å². The molecule has 0 saturated heterocycles. The molecule has 1 aromatic heterocycles. The van der Waals surface area contributed by atoms with Gasteiger partial charge in [0.2, 0.25) is 0 Å². The summed E-state index contributed by atoms with van der Waals surface area (Å²) < 4.78 is 15.4. The van der Waals surface area contributed by atoms with E-state index < -0.39 is 0 Å². The molecule has 0 atom stereocenters. The largest absolute Gasteiger partial charge is 0.493 e. The lowest BCUT2D eigenvalue weighted by atomic mass is 10.1. The first-order valence-electron chi connectivity index (χ1n) is 5.16. The molecule has 5 nitrogen and oxygen atoms in total. The number of rotatable bonds is 4. The van der Waals surface area contributed by atoms with Gasteiger partial charge in [0, 0.05) is 11.6 Å². The maximum atomic E-state index is 5.46. The van der Waals surface area contributed by atoms with Crippen LogP contribution in [-0.2, 0) is 6.54 Å². The lowest BCUT2D eigenvalue weighted by Gasteiger charge is -2.07. The number of nitrogens with zero attached hydrogens (tertiary/aromatic N) is 1. The zero-order valence-electron chi connectivity index (χ0n) is 9.77. The standard InChI is InChI=1S/C12H14N2O3/c1-15-11-4-3-8(5-12(11)16-2)10-6-9(7-13)17-14-10/h3-6H,7,13H2,1-2H3. The van der Waals surface area contributed by atoms with Crippen LogP contribution >= 0.6 is 0 Å². The average molecular weight is 234 g/mol. The van der Waals surface area contributed by atoms with Crippen LogP contribution in [0, 0.1) is 0 Å². The summed E-state index contributed by atoms with van der Waals surface area (Å²) in [5, 5.41) is 3.94. The van der Waals surface area contributed by atoms with Crippen molar-refractivity contribution in [2.45, 2.75) is 6.54 Å². The topological polar surface area (TPSA) is 70.5 Å². The van der Waals surface area contributed by atoms with Crippen molar-refractivity contribution in [2.75, 3.05) is 14.2 Å². The summed E-state index contributed by atoms with van der Waals surface area (Å²) >= 11 is 0.